The fourth-order valence-corrected chi connectivity index (χ4v) is 7.88. The van der Waals surface area contributed by atoms with E-state index in [1.165, 1.54) is 54.6 Å². The van der Waals surface area contributed by atoms with Gasteiger partial charge in [-0.3, -0.25) is 28.8 Å². The van der Waals surface area contributed by atoms with E-state index in [0.29, 0.717) is 66.3 Å². The number of rotatable bonds is 23. The van der Waals surface area contributed by atoms with E-state index >= 15 is 0 Å². The maximum atomic E-state index is 13.6. The Labute approximate surface area is 435 Å². The Kier molecular flexibility index (Phi) is 20.9. The first-order valence-corrected chi connectivity index (χ1v) is 24.3. The summed E-state index contributed by atoms with van der Waals surface area (Å²) in [7, 11) is 0. The molecule has 0 aliphatic heterocycles. The molecule has 4 amide bonds. The highest BCUT2D eigenvalue weighted by Gasteiger charge is 2.27. The largest absolute Gasteiger partial charge is 0.494 e. The lowest BCUT2D eigenvalue weighted by molar-refractivity contribution is -0.127. The summed E-state index contributed by atoms with van der Waals surface area (Å²) in [6, 6.07) is 20.5. The monoisotopic (exact) mass is 1060 g/mol. The summed E-state index contributed by atoms with van der Waals surface area (Å²) < 4.78 is 11.2. The van der Waals surface area contributed by atoms with E-state index in [2.05, 4.69) is 41.7 Å². The predicted octanol–water partition coefficient (Wildman–Crippen LogP) is 12.5. The standard InChI is InChI=1S/C50H49Cl5N8O8/c1-6-70-33-17-14-30(20-22-51)41(25-33)58-47(66)35-10-8-12-39(43(35)54)60-62-45(28(4)64)49(68)56-32-16-19-38(37(24-32)27(3)53)57-50(69)46(29(5)65)63-61-40-13-9-11-36(44(40)55)48(67)59-42-26-34(71-7-2)18-15-31(42)21-23-52/h8-19,24-27,45-46H,6-7,20-23H2,1-5H3,(H,56,68)(H,57,69)(H,58,66)(H,59,67). The van der Waals surface area contributed by atoms with Crippen LogP contribution in [0.25, 0.3) is 0 Å². The van der Waals surface area contributed by atoms with Crippen LogP contribution in [0, 0.1) is 0 Å². The van der Waals surface area contributed by atoms with Crippen molar-refractivity contribution in [3.63, 3.8) is 0 Å². The van der Waals surface area contributed by atoms with Crippen molar-refractivity contribution in [3.05, 3.63) is 129 Å². The molecule has 0 saturated carbocycles. The second-order valence-corrected chi connectivity index (χ2v) is 17.6. The molecule has 0 aliphatic rings. The van der Waals surface area contributed by atoms with Gasteiger partial charge in [-0.1, -0.05) is 47.5 Å². The van der Waals surface area contributed by atoms with Crippen LogP contribution in [-0.2, 0) is 32.0 Å². The Morgan fingerprint density at radius 3 is 1.44 bits per heavy atom. The maximum absolute atomic E-state index is 13.6. The zero-order chi connectivity index (χ0) is 51.8. The smallest absolute Gasteiger partial charge is 0.258 e. The van der Waals surface area contributed by atoms with E-state index in [-0.39, 0.29) is 43.9 Å². The molecule has 0 saturated heterocycles. The molecule has 5 aromatic rings. The summed E-state index contributed by atoms with van der Waals surface area (Å²) in [5.41, 5.74) is 3.31. The first-order valence-electron chi connectivity index (χ1n) is 22.0. The maximum Gasteiger partial charge on any atom is 0.258 e. The van der Waals surface area contributed by atoms with Crippen molar-refractivity contribution < 1.29 is 38.2 Å². The van der Waals surface area contributed by atoms with Gasteiger partial charge in [0.15, 0.2) is 11.6 Å². The van der Waals surface area contributed by atoms with Gasteiger partial charge in [0.25, 0.3) is 23.6 Å². The number of carbonyl (C=O) groups excluding carboxylic acids is 6. The number of halogens is 5. The van der Waals surface area contributed by atoms with Crippen molar-refractivity contribution >= 4 is 127 Å². The molecule has 16 nitrogen and oxygen atoms in total. The summed E-state index contributed by atoms with van der Waals surface area (Å²) in [6.07, 6.45) is 0.955. The number of ether oxygens (including phenoxy) is 2. The molecule has 0 aromatic heterocycles. The van der Waals surface area contributed by atoms with E-state index in [9.17, 15) is 28.8 Å². The van der Waals surface area contributed by atoms with Crippen LogP contribution in [0.15, 0.2) is 111 Å². The third-order valence-electron chi connectivity index (χ3n) is 10.3. The third-order valence-corrected chi connectivity index (χ3v) is 11.7. The molecule has 3 atom stereocenters. The number of ketones is 2. The van der Waals surface area contributed by atoms with Crippen molar-refractivity contribution in [3.8, 4) is 11.5 Å². The van der Waals surface area contributed by atoms with Crippen LogP contribution in [0.3, 0.4) is 0 Å². The number of Topliss-reactive ketones (excluding diaryl/α,β-unsaturated/α-hetero) is 2. The number of benzene rings is 5. The summed E-state index contributed by atoms with van der Waals surface area (Å²) in [6.45, 7) is 8.44. The Bertz CT molecular complexity index is 2860. The lowest BCUT2D eigenvalue weighted by Crippen LogP contribution is -2.32. The Morgan fingerprint density at radius 2 is 1.03 bits per heavy atom. The van der Waals surface area contributed by atoms with Gasteiger partial charge in [-0.05, 0) is 119 Å². The predicted molar refractivity (Wildman–Crippen MR) is 279 cm³/mol. The minimum absolute atomic E-state index is 0.0120. The van der Waals surface area contributed by atoms with Gasteiger partial charge < -0.3 is 30.7 Å². The second kappa shape index (κ2) is 26.7. The molecule has 71 heavy (non-hydrogen) atoms. The third kappa shape index (κ3) is 15.0. The van der Waals surface area contributed by atoms with Gasteiger partial charge >= 0.3 is 0 Å². The lowest BCUT2D eigenvalue weighted by Gasteiger charge is -2.17. The molecule has 0 aliphatic carbocycles. The van der Waals surface area contributed by atoms with Crippen LogP contribution >= 0.6 is 58.0 Å². The highest BCUT2D eigenvalue weighted by atomic mass is 35.5. The quantitative estimate of drug-likeness (QED) is 0.0279. The number of azo groups is 2. The number of nitrogens with zero attached hydrogens (tertiary/aromatic N) is 4. The molecule has 0 fully saturated rings. The van der Waals surface area contributed by atoms with Crippen molar-refractivity contribution in [1.29, 1.82) is 0 Å². The number of anilines is 4. The van der Waals surface area contributed by atoms with Crippen molar-refractivity contribution in [2.24, 2.45) is 20.5 Å². The topological polar surface area (TPSA) is 218 Å². The SMILES string of the molecule is CCOc1ccc(CCCl)c(NC(=O)c2cccc(N=NC(C(C)=O)C(=O)Nc3ccc(NC(=O)C(N=Nc4cccc(C(=O)Nc5cc(OCC)ccc5CCCl)c4Cl)C(C)=O)c(C(C)Cl)c3)c2Cl)c1. The average molecular weight is 1070 g/mol. The molecule has 5 aromatic carbocycles. The number of nitrogens with one attached hydrogen (secondary N) is 4. The molecule has 21 heteroatoms. The minimum atomic E-state index is -1.65. The normalized spacial score (nSPS) is 12.5. The second-order valence-electron chi connectivity index (χ2n) is 15.4. The average Bonchev–Trinajstić information content (AvgIpc) is 3.32. The number of alkyl halides is 3. The van der Waals surface area contributed by atoms with E-state index < -0.39 is 52.7 Å². The number of hydrogen-bond donors (Lipinski definition) is 4. The lowest BCUT2D eigenvalue weighted by atomic mass is 10.1. The summed E-state index contributed by atoms with van der Waals surface area (Å²) in [5.74, 6) is -2.44. The van der Waals surface area contributed by atoms with Crippen molar-refractivity contribution in [2.75, 3.05) is 46.2 Å². The molecular formula is C50H49Cl5N8O8. The van der Waals surface area contributed by atoms with Gasteiger partial charge in [0.2, 0.25) is 12.1 Å². The zero-order valence-electron chi connectivity index (χ0n) is 39.1. The van der Waals surface area contributed by atoms with E-state index in [1.54, 1.807) is 31.2 Å². The highest BCUT2D eigenvalue weighted by molar-refractivity contribution is 6.37. The van der Waals surface area contributed by atoms with Crippen LogP contribution in [-0.4, -0.2) is 72.3 Å². The zero-order valence-corrected chi connectivity index (χ0v) is 42.9. The van der Waals surface area contributed by atoms with Gasteiger partial charge in [-0.15, -0.1) is 34.8 Å². The molecule has 0 heterocycles. The molecule has 372 valence electrons. The number of amides is 4. The molecule has 0 spiro atoms. The van der Waals surface area contributed by atoms with Gasteiger partial charge in [0.1, 0.15) is 22.9 Å². The molecule has 0 bridgehead atoms. The van der Waals surface area contributed by atoms with Gasteiger partial charge in [-0.2, -0.15) is 20.5 Å². The number of carbonyl (C=O) groups is 6. The fraction of sp³-hybridized carbons (Fsp3) is 0.280. The summed E-state index contributed by atoms with van der Waals surface area (Å²) >= 11 is 31.8. The molecule has 3 unspecified atom stereocenters. The van der Waals surface area contributed by atoms with Crippen LogP contribution < -0.4 is 30.7 Å². The number of aryl methyl sites for hydroxylation is 2. The Balaban J connectivity index is 1.29. The summed E-state index contributed by atoms with van der Waals surface area (Å²) in [5, 5.41) is 26.2. The molecule has 4 N–H and O–H groups in total. The van der Waals surface area contributed by atoms with E-state index in [1.807, 2.05) is 26.0 Å². The summed E-state index contributed by atoms with van der Waals surface area (Å²) in [4.78, 5) is 79.6. The first kappa shape index (κ1) is 55.5. The van der Waals surface area contributed by atoms with Gasteiger partial charge in [0.05, 0.1) is 39.8 Å². The fourth-order valence-electron chi connectivity index (χ4n) is 6.79. The van der Waals surface area contributed by atoms with Crippen LogP contribution in [0.1, 0.15) is 77.4 Å². The number of hydrogen-bond acceptors (Lipinski definition) is 12. The Morgan fingerprint density at radius 1 is 0.577 bits per heavy atom. The van der Waals surface area contributed by atoms with Gasteiger partial charge in [-0.25, -0.2) is 0 Å². The van der Waals surface area contributed by atoms with Crippen molar-refractivity contribution in [1.82, 2.24) is 0 Å². The van der Waals surface area contributed by atoms with Crippen molar-refractivity contribution in [2.45, 2.75) is 64.9 Å². The van der Waals surface area contributed by atoms with E-state index in [4.69, 9.17) is 67.5 Å². The van der Waals surface area contributed by atoms with E-state index in [0.717, 1.165) is 25.0 Å². The Hall–Kier alpha value is -6.43. The molecule has 5 rings (SSSR count). The molecular weight excluding hydrogens is 1020 g/mol. The minimum Gasteiger partial charge on any atom is -0.494 e. The first-order chi connectivity index (χ1) is 34.0. The van der Waals surface area contributed by atoms with Gasteiger partial charge in [0, 0.05) is 46.6 Å². The molecule has 0 radical (unpaired) electrons. The van der Waals surface area contributed by atoms with Crippen LogP contribution in [0.5, 0.6) is 11.5 Å². The van der Waals surface area contributed by atoms with Crippen LogP contribution in [0.4, 0.5) is 34.1 Å². The van der Waals surface area contributed by atoms with Crippen LogP contribution in [0.2, 0.25) is 10.0 Å². The highest BCUT2D eigenvalue weighted by Crippen LogP contribution is 2.34.